The Morgan fingerprint density at radius 2 is 1.81 bits per heavy atom. The number of aromatic amines is 1. The summed E-state index contributed by atoms with van der Waals surface area (Å²) in [7, 11) is 0. The molecule has 7 nitrogen and oxygen atoms in total. The SMILES string of the molecule is Cc1ccc(-c2nc3[nH]c(C(=O)NCc4ccccc4)cc(=O)c3nc2-c2ccc3ncccc3c2)s1. The molecule has 0 aliphatic heterocycles. The van der Waals surface area contributed by atoms with Crippen LogP contribution in [0.1, 0.15) is 20.9 Å². The number of amides is 1. The lowest BCUT2D eigenvalue weighted by atomic mass is 10.1. The molecule has 0 atom stereocenters. The summed E-state index contributed by atoms with van der Waals surface area (Å²) in [4.78, 5) is 45.1. The smallest absolute Gasteiger partial charge is 0.268 e. The number of rotatable bonds is 5. The molecule has 0 radical (unpaired) electrons. The van der Waals surface area contributed by atoms with Crippen molar-refractivity contribution in [3.8, 4) is 21.8 Å². The van der Waals surface area contributed by atoms with Gasteiger partial charge in [0.2, 0.25) is 5.43 Å². The average molecular weight is 504 g/mol. The van der Waals surface area contributed by atoms with Gasteiger partial charge in [0, 0.05) is 34.6 Å². The number of H-pyrrole nitrogens is 1. The molecule has 180 valence electrons. The topological polar surface area (TPSA) is 101 Å². The normalized spacial score (nSPS) is 11.2. The van der Waals surface area contributed by atoms with Gasteiger partial charge in [0.1, 0.15) is 11.4 Å². The van der Waals surface area contributed by atoms with Crippen molar-refractivity contribution in [2.45, 2.75) is 13.5 Å². The standard InChI is InChI=1S/C29H21N5O2S/c1-17-9-12-24(37-17)27-25(20-10-11-21-19(14-20)8-5-13-30-21)33-26-23(35)15-22(32-28(26)34-27)29(36)31-16-18-6-3-2-4-7-18/h2-15H,16H2,1H3,(H,31,36)(H,32,34,35). The molecule has 0 saturated carbocycles. The van der Waals surface area contributed by atoms with Crippen molar-refractivity contribution in [3.05, 3.63) is 111 Å². The molecule has 37 heavy (non-hydrogen) atoms. The minimum atomic E-state index is -0.385. The van der Waals surface area contributed by atoms with E-state index in [-0.39, 0.29) is 28.2 Å². The number of carbonyl (C=O) groups excluding carboxylic acids is 1. The maximum Gasteiger partial charge on any atom is 0.268 e. The molecule has 6 rings (SSSR count). The Bertz CT molecular complexity index is 1840. The molecule has 0 bridgehead atoms. The van der Waals surface area contributed by atoms with E-state index in [4.69, 9.17) is 9.97 Å². The molecule has 4 heterocycles. The first kappa shape index (κ1) is 22.8. The molecule has 1 amide bonds. The number of thiophene rings is 1. The fourth-order valence-corrected chi connectivity index (χ4v) is 5.07. The van der Waals surface area contributed by atoms with E-state index in [0.29, 0.717) is 17.9 Å². The van der Waals surface area contributed by atoms with Gasteiger partial charge >= 0.3 is 0 Å². The summed E-state index contributed by atoms with van der Waals surface area (Å²) >= 11 is 1.60. The third-order valence-corrected chi connectivity index (χ3v) is 7.06. The summed E-state index contributed by atoms with van der Waals surface area (Å²) in [5.74, 6) is -0.385. The van der Waals surface area contributed by atoms with Crippen LogP contribution in [0.25, 0.3) is 43.9 Å². The predicted molar refractivity (Wildman–Crippen MR) is 147 cm³/mol. The Labute approximate surface area is 215 Å². The minimum absolute atomic E-state index is 0.139. The molecule has 4 aromatic heterocycles. The molecule has 0 spiro atoms. The van der Waals surface area contributed by atoms with Crippen LogP contribution in [0, 0.1) is 6.92 Å². The van der Waals surface area contributed by atoms with Crippen LogP contribution < -0.4 is 10.7 Å². The number of pyridine rings is 2. The van der Waals surface area contributed by atoms with Crippen LogP contribution >= 0.6 is 11.3 Å². The Hall–Kier alpha value is -4.69. The van der Waals surface area contributed by atoms with E-state index in [1.807, 2.05) is 79.7 Å². The lowest BCUT2D eigenvalue weighted by molar-refractivity contribution is 0.0946. The van der Waals surface area contributed by atoms with E-state index in [1.54, 1.807) is 17.5 Å². The zero-order valence-electron chi connectivity index (χ0n) is 19.9. The van der Waals surface area contributed by atoms with Gasteiger partial charge in [-0.3, -0.25) is 14.6 Å². The first-order valence-corrected chi connectivity index (χ1v) is 12.6. The maximum atomic E-state index is 13.1. The number of hydrogen-bond acceptors (Lipinski definition) is 6. The van der Waals surface area contributed by atoms with Gasteiger partial charge in [0.05, 0.1) is 16.1 Å². The molecule has 0 saturated heterocycles. The quantitative estimate of drug-likeness (QED) is 0.324. The highest BCUT2D eigenvalue weighted by Crippen LogP contribution is 2.35. The van der Waals surface area contributed by atoms with Crippen LogP contribution in [0.4, 0.5) is 0 Å². The van der Waals surface area contributed by atoms with Crippen molar-refractivity contribution < 1.29 is 4.79 Å². The average Bonchev–Trinajstić information content (AvgIpc) is 3.37. The first-order chi connectivity index (χ1) is 18.0. The van der Waals surface area contributed by atoms with Crippen molar-refractivity contribution >= 4 is 39.3 Å². The third-order valence-electron chi connectivity index (χ3n) is 6.05. The fraction of sp³-hybridized carbons (Fsp3) is 0.0690. The highest BCUT2D eigenvalue weighted by Gasteiger charge is 2.18. The van der Waals surface area contributed by atoms with Crippen molar-refractivity contribution in [2.75, 3.05) is 0 Å². The summed E-state index contributed by atoms with van der Waals surface area (Å²) < 4.78 is 0. The monoisotopic (exact) mass is 503 g/mol. The van der Waals surface area contributed by atoms with E-state index in [1.165, 1.54) is 6.07 Å². The Kier molecular flexibility index (Phi) is 5.78. The van der Waals surface area contributed by atoms with Gasteiger partial charge in [0.15, 0.2) is 11.2 Å². The fourth-order valence-electron chi connectivity index (χ4n) is 4.21. The van der Waals surface area contributed by atoms with Gasteiger partial charge in [-0.25, -0.2) is 9.97 Å². The number of aromatic nitrogens is 4. The van der Waals surface area contributed by atoms with Crippen molar-refractivity contribution in [1.29, 1.82) is 0 Å². The number of carbonyl (C=O) groups is 1. The second-order valence-corrected chi connectivity index (χ2v) is 9.94. The van der Waals surface area contributed by atoms with Crippen molar-refractivity contribution in [1.82, 2.24) is 25.3 Å². The summed E-state index contributed by atoms with van der Waals surface area (Å²) in [6.07, 6.45) is 1.75. The van der Waals surface area contributed by atoms with Gasteiger partial charge in [-0.05, 0) is 42.8 Å². The molecule has 2 aromatic carbocycles. The number of nitrogens with one attached hydrogen (secondary N) is 2. The molecule has 6 aromatic rings. The molecule has 2 N–H and O–H groups in total. The van der Waals surface area contributed by atoms with Gasteiger partial charge in [0.25, 0.3) is 5.91 Å². The maximum absolute atomic E-state index is 13.1. The largest absolute Gasteiger partial charge is 0.347 e. The number of nitrogens with zero attached hydrogens (tertiary/aromatic N) is 3. The molecular weight excluding hydrogens is 482 g/mol. The molecule has 0 unspecified atom stereocenters. The van der Waals surface area contributed by atoms with Gasteiger partial charge < -0.3 is 10.3 Å². The number of benzene rings is 2. The molecule has 8 heteroatoms. The molecular formula is C29H21N5O2S. The van der Waals surface area contributed by atoms with Gasteiger partial charge in [-0.2, -0.15) is 0 Å². The van der Waals surface area contributed by atoms with E-state index >= 15 is 0 Å². The molecule has 0 aliphatic rings. The summed E-state index contributed by atoms with van der Waals surface area (Å²) in [5, 5.41) is 3.82. The number of aryl methyl sites for hydroxylation is 1. The van der Waals surface area contributed by atoms with E-state index < -0.39 is 0 Å². The Morgan fingerprint density at radius 3 is 2.62 bits per heavy atom. The van der Waals surface area contributed by atoms with Crippen molar-refractivity contribution in [3.63, 3.8) is 0 Å². The first-order valence-electron chi connectivity index (χ1n) is 11.7. The summed E-state index contributed by atoms with van der Waals surface area (Å²) in [6.45, 7) is 2.38. The summed E-state index contributed by atoms with van der Waals surface area (Å²) in [6, 6.07) is 24.6. The molecule has 0 fully saturated rings. The van der Waals surface area contributed by atoms with Gasteiger partial charge in [-0.1, -0.05) is 42.5 Å². The third kappa shape index (κ3) is 4.50. The van der Waals surface area contributed by atoms with E-state index in [2.05, 4.69) is 15.3 Å². The highest BCUT2D eigenvalue weighted by atomic mass is 32.1. The van der Waals surface area contributed by atoms with Gasteiger partial charge in [-0.15, -0.1) is 11.3 Å². The Balaban J connectivity index is 1.46. The van der Waals surface area contributed by atoms with Crippen LogP contribution in [0.5, 0.6) is 0 Å². The van der Waals surface area contributed by atoms with Crippen molar-refractivity contribution in [2.24, 2.45) is 0 Å². The molecule has 0 aliphatic carbocycles. The predicted octanol–water partition coefficient (Wildman–Crippen LogP) is 5.50. The van der Waals surface area contributed by atoms with Crippen LogP contribution in [0.3, 0.4) is 0 Å². The number of hydrogen-bond donors (Lipinski definition) is 2. The second-order valence-electron chi connectivity index (χ2n) is 8.65. The highest BCUT2D eigenvalue weighted by molar-refractivity contribution is 7.15. The van der Waals surface area contributed by atoms with E-state index in [0.717, 1.165) is 31.8 Å². The zero-order valence-corrected chi connectivity index (χ0v) is 20.7. The van der Waals surface area contributed by atoms with Crippen LogP contribution in [0.15, 0.2) is 89.9 Å². The second kappa shape index (κ2) is 9.40. The lowest BCUT2D eigenvalue weighted by Gasteiger charge is -2.11. The number of fused-ring (bicyclic) bond motifs is 2. The van der Waals surface area contributed by atoms with Crippen LogP contribution in [-0.2, 0) is 6.54 Å². The van der Waals surface area contributed by atoms with Crippen LogP contribution in [-0.4, -0.2) is 25.8 Å². The summed E-state index contributed by atoms with van der Waals surface area (Å²) in [5.41, 5.74) is 4.13. The zero-order chi connectivity index (χ0) is 25.4. The lowest BCUT2D eigenvalue weighted by Crippen LogP contribution is -2.25. The van der Waals surface area contributed by atoms with Crippen LogP contribution in [0.2, 0.25) is 0 Å². The minimum Gasteiger partial charge on any atom is -0.347 e. The Morgan fingerprint density at radius 1 is 0.946 bits per heavy atom. The van der Waals surface area contributed by atoms with E-state index in [9.17, 15) is 9.59 Å².